The minimum atomic E-state index is 0.422. The summed E-state index contributed by atoms with van der Waals surface area (Å²) in [7, 11) is 0. The quantitative estimate of drug-likeness (QED) is 0.734. The van der Waals surface area contributed by atoms with Gasteiger partial charge in [0, 0.05) is 11.1 Å². The third kappa shape index (κ3) is 1.86. The molecule has 1 atom stereocenters. The predicted octanol–water partition coefficient (Wildman–Crippen LogP) is 3.97. The second-order valence-electron chi connectivity index (χ2n) is 5.61. The van der Waals surface area contributed by atoms with Crippen LogP contribution in [0.5, 0.6) is 0 Å². The minimum Gasteiger partial charge on any atom is -0.378 e. The molecule has 100 valence electrons. The van der Waals surface area contributed by atoms with Crippen LogP contribution in [0.25, 0.3) is 10.9 Å². The van der Waals surface area contributed by atoms with E-state index in [9.17, 15) is 0 Å². The van der Waals surface area contributed by atoms with Crippen molar-refractivity contribution in [3.63, 3.8) is 0 Å². The van der Waals surface area contributed by atoms with Gasteiger partial charge in [-0.05, 0) is 49.1 Å². The number of rotatable bonds is 2. The highest BCUT2D eigenvalue weighted by molar-refractivity contribution is 5.81. The Morgan fingerprint density at radius 1 is 1.20 bits per heavy atom. The van der Waals surface area contributed by atoms with E-state index in [1.165, 1.54) is 29.5 Å². The standard InChI is InChI=1S/C17H17N3/c1-11-2-3-12-5-7-16(15(12)8-11)19-14-6-4-13-10-18-20-17(13)9-14/h2-4,6,8-10,16,19H,5,7H2,1H3,(H,18,20). The van der Waals surface area contributed by atoms with Crippen LogP contribution in [0.2, 0.25) is 0 Å². The average Bonchev–Trinajstić information content (AvgIpc) is 3.05. The van der Waals surface area contributed by atoms with Crippen LogP contribution in [0, 0.1) is 6.92 Å². The van der Waals surface area contributed by atoms with Gasteiger partial charge in [0.15, 0.2) is 0 Å². The summed E-state index contributed by atoms with van der Waals surface area (Å²) in [6.45, 7) is 2.16. The van der Waals surface area contributed by atoms with Gasteiger partial charge in [-0.2, -0.15) is 5.10 Å². The molecule has 0 saturated heterocycles. The van der Waals surface area contributed by atoms with Crippen LogP contribution in [0.4, 0.5) is 5.69 Å². The summed E-state index contributed by atoms with van der Waals surface area (Å²) in [5.41, 5.74) is 6.51. The number of hydrogen-bond acceptors (Lipinski definition) is 2. The molecule has 0 bridgehead atoms. The van der Waals surface area contributed by atoms with Crippen molar-refractivity contribution in [2.75, 3.05) is 5.32 Å². The van der Waals surface area contributed by atoms with E-state index in [2.05, 4.69) is 58.8 Å². The molecule has 3 nitrogen and oxygen atoms in total. The van der Waals surface area contributed by atoms with E-state index < -0.39 is 0 Å². The Kier molecular flexibility index (Phi) is 2.52. The number of H-pyrrole nitrogens is 1. The molecule has 1 aromatic heterocycles. The van der Waals surface area contributed by atoms with E-state index in [0.717, 1.165) is 16.6 Å². The van der Waals surface area contributed by atoms with Crippen molar-refractivity contribution in [1.29, 1.82) is 0 Å². The molecule has 3 aromatic rings. The lowest BCUT2D eigenvalue weighted by Crippen LogP contribution is -2.07. The van der Waals surface area contributed by atoms with Crippen LogP contribution in [-0.2, 0) is 6.42 Å². The summed E-state index contributed by atoms with van der Waals surface area (Å²) in [6, 6.07) is 13.6. The molecular weight excluding hydrogens is 246 g/mol. The third-order valence-corrected chi connectivity index (χ3v) is 4.16. The van der Waals surface area contributed by atoms with E-state index in [-0.39, 0.29) is 0 Å². The van der Waals surface area contributed by atoms with Crippen molar-refractivity contribution >= 4 is 16.6 Å². The molecule has 0 radical (unpaired) electrons. The summed E-state index contributed by atoms with van der Waals surface area (Å²) in [4.78, 5) is 0. The SMILES string of the molecule is Cc1ccc2c(c1)C(Nc1ccc3cn[nH]c3c1)CC2. The average molecular weight is 263 g/mol. The Hall–Kier alpha value is -2.29. The van der Waals surface area contributed by atoms with E-state index in [1.807, 2.05) is 6.20 Å². The molecule has 1 aliphatic carbocycles. The number of nitrogens with one attached hydrogen (secondary N) is 2. The Balaban J connectivity index is 1.65. The van der Waals surface area contributed by atoms with Crippen molar-refractivity contribution in [3.05, 3.63) is 59.3 Å². The monoisotopic (exact) mass is 263 g/mol. The predicted molar refractivity (Wildman–Crippen MR) is 82.0 cm³/mol. The molecule has 0 spiro atoms. The van der Waals surface area contributed by atoms with Crippen LogP contribution in [0.3, 0.4) is 0 Å². The van der Waals surface area contributed by atoms with Gasteiger partial charge in [0.05, 0.1) is 17.8 Å². The van der Waals surface area contributed by atoms with Gasteiger partial charge in [0.2, 0.25) is 0 Å². The topological polar surface area (TPSA) is 40.7 Å². The van der Waals surface area contributed by atoms with Gasteiger partial charge in [-0.1, -0.05) is 23.8 Å². The number of aromatic nitrogens is 2. The lowest BCUT2D eigenvalue weighted by atomic mass is 10.0. The van der Waals surface area contributed by atoms with Gasteiger partial charge in [-0.3, -0.25) is 5.10 Å². The lowest BCUT2D eigenvalue weighted by molar-refractivity contribution is 0.762. The Morgan fingerprint density at radius 3 is 3.10 bits per heavy atom. The van der Waals surface area contributed by atoms with E-state index in [0.29, 0.717) is 6.04 Å². The first-order chi connectivity index (χ1) is 9.79. The maximum absolute atomic E-state index is 4.07. The number of fused-ring (bicyclic) bond motifs is 2. The van der Waals surface area contributed by atoms with Gasteiger partial charge in [-0.15, -0.1) is 0 Å². The van der Waals surface area contributed by atoms with Crippen LogP contribution >= 0.6 is 0 Å². The smallest absolute Gasteiger partial charge is 0.0670 e. The maximum Gasteiger partial charge on any atom is 0.0670 e. The lowest BCUT2D eigenvalue weighted by Gasteiger charge is -2.16. The zero-order chi connectivity index (χ0) is 13.5. The summed E-state index contributed by atoms with van der Waals surface area (Å²) in [5.74, 6) is 0. The van der Waals surface area contributed by atoms with Gasteiger partial charge < -0.3 is 5.32 Å². The molecule has 4 rings (SSSR count). The first-order valence-corrected chi connectivity index (χ1v) is 7.09. The number of aryl methyl sites for hydroxylation is 2. The van der Waals surface area contributed by atoms with Gasteiger partial charge in [0.1, 0.15) is 0 Å². The second-order valence-corrected chi connectivity index (χ2v) is 5.61. The molecule has 2 aromatic carbocycles. The summed E-state index contributed by atoms with van der Waals surface area (Å²) in [6.07, 6.45) is 4.19. The normalized spacial score (nSPS) is 17.4. The summed E-state index contributed by atoms with van der Waals surface area (Å²) >= 11 is 0. The Morgan fingerprint density at radius 2 is 2.15 bits per heavy atom. The summed E-state index contributed by atoms with van der Waals surface area (Å²) < 4.78 is 0. The van der Waals surface area contributed by atoms with Gasteiger partial charge in [0.25, 0.3) is 0 Å². The molecule has 0 fully saturated rings. The van der Waals surface area contributed by atoms with Gasteiger partial charge in [-0.25, -0.2) is 0 Å². The second kappa shape index (κ2) is 4.37. The fraction of sp³-hybridized carbons (Fsp3) is 0.235. The van der Waals surface area contributed by atoms with E-state index >= 15 is 0 Å². The molecule has 0 saturated carbocycles. The van der Waals surface area contributed by atoms with Crippen molar-refractivity contribution in [3.8, 4) is 0 Å². The fourth-order valence-electron chi connectivity index (χ4n) is 3.10. The number of nitrogens with zero attached hydrogens (tertiary/aromatic N) is 1. The molecule has 2 N–H and O–H groups in total. The molecule has 3 heteroatoms. The molecule has 0 aliphatic heterocycles. The maximum atomic E-state index is 4.07. The Labute approximate surface area is 118 Å². The first-order valence-electron chi connectivity index (χ1n) is 7.09. The highest BCUT2D eigenvalue weighted by Crippen LogP contribution is 2.34. The number of anilines is 1. The molecule has 20 heavy (non-hydrogen) atoms. The van der Waals surface area contributed by atoms with Crippen LogP contribution in [0.15, 0.2) is 42.6 Å². The van der Waals surface area contributed by atoms with Gasteiger partial charge >= 0.3 is 0 Å². The first kappa shape index (κ1) is 11.5. The Bertz CT molecular complexity index is 773. The zero-order valence-electron chi connectivity index (χ0n) is 11.5. The fourth-order valence-corrected chi connectivity index (χ4v) is 3.10. The van der Waals surface area contributed by atoms with Crippen LogP contribution in [-0.4, -0.2) is 10.2 Å². The summed E-state index contributed by atoms with van der Waals surface area (Å²) in [5, 5.41) is 11.9. The van der Waals surface area contributed by atoms with E-state index in [1.54, 1.807) is 0 Å². The highest BCUT2D eigenvalue weighted by atomic mass is 15.1. The van der Waals surface area contributed by atoms with Crippen molar-refractivity contribution in [2.24, 2.45) is 0 Å². The van der Waals surface area contributed by atoms with E-state index in [4.69, 9.17) is 0 Å². The molecule has 0 amide bonds. The number of hydrogen-bond donors (Lipinski definition) is 2. The van der Waals surface area contributed by atoms with Crippen molar-refractivity contribution < 1.29 is 0 Å². The zero-order valence-corrected chi connectivity index (χ0v) is 11.5. The highest BCUT2D eigenvalue weighted by Gasteiger charge is 2.22. The molecular formula is C17H17N3. The van der Waals surface area contributed by atoms with Crippen LogP contribution in [0.1, 0.15) is 29.2 Å². The van der Waals surface area contributed by atoms with Crippen LogP contribution < -0.4 is 5.32 Å². The molecule has 1 aliphatic rings. The van der Waals surface area contributed by atoms with Crippen molar-refractivity contribution in [2.45, 2.75) is 25.8 Å². The van der Waals surface area contributed by atoms with Crippen molar-refractivity contribution in [1.82, 2.24) is 10.2 Å². The molecule has 1 unspecified atom stereocenters. The third-order valence-electron chi connectivity index (χ3n) is 4.16. The minimum absolute atomic E-state index is 0.422. The largest absolute Gasteiger partial charge is 0.378 e. The number of aromatic amines is 1. The molecule has 1 heterocycles. The number of benzene rings is 2.